The average molecular weight is 337 g/mol. The fraction of sp³-hybridized carbons (Fsp3) is 0.222. The number of imidazole rings is 1. The van der Waals surface area contributed by atoms with E-state index in [1.165, 1.54) is 0 Å². The molecule has 0 unspecified atom stereocenters. The van der Waals surface area contributed by atoms with Gasteiger partial charge in [0.1, 0.15) is 5.52 Å². The van der Waals surface area contributed by atoms with Crippen LogP contribution < -0.4 is 0 Å². The first-order valence-corrected chi connectivity index (χ1v) is 7.92. The number of aromatic amines is 1. The summed E-state index contributed by atoms with van der Waals surface area (Å²) < 4.78 is 5.13. The van der Waals surface area contributed by atoms with E-state index in [2.05, 4.69) is 19.9 Å². The Bertz CT molecular complexity index is 916. The zero-order chi connectivity index (χ0) is 17.8. The minimum absolute atomic E-state index is 0.181. The minimum atomic E-state index is -0.500. The number of hydrogen-bond acceptors (Lipinski definition) is 5. The van der Waals surface area contributed by atoms with Crippen LogP contribution in [0.3, 0.4) is 0 Å². The number of aliphatic imine (C=N–C) groups is 1. The summed E-state index contributed by atoms with van der Waals surface area (Å²) in [4.78, 5) is 30.4. The van der Waals surface area contributed by atoms with Crippen molar-refractivity contribution in [3.63, 3.8) is 0 Å². The monoisotopic (exact) mass is 337 g/mol. The highest BCUT2D eigenvalue weighted by atomic mass is 16.5. The lowest BCUT2D eigenvalue weighted by molar-refractivity contribution is 0.0522. The van der Waals surface area contributed by atoms with Gasteiger partial charge in [-0.15, -0.1) is 0 Å². The predicted octanol–water partition coefficient (Wildman–Crippen LogP) is 3.02. The van der Waals surface area contributed by atoms with Crippen molar-refractivity contribution in [3.05, 3.63) is 42.1 Å². The molecule has 25 heavy (non-hydrogen) atoms. The maximum absolute atomic E-state index is 12.3. The Morgan fingerprint density at radius 2 is 2.04 bits per heavy atom. The van der Waals surface area contributed by atoms with Crippen LogP contribution in [-0.4, -0.2) is 52.9 Å². The third-order valence-electron chi connectivity index (χ3n) is 3.41. The minimum Gasteiger partial charge on any atom is -0.461 e. The molecule has 7 heteroatoms. The molecule has 2 heterocycles. The number of ether oxygens (including phenoxy) is 1. The number of nitrogens with one attached hydrogen (secondary N) is 1. The molecule has 0 spiro atoms. The summed E-state index contributed by atoms with van der Waals surface area (Å²) in [6, 6.07) is 11.5. The molecule has 0 atom stereocenters. The lowest BCUT2D eigenvalue weighted by Crippen LogP contribution is -2.08. The smallest absolute Gasteiger partial charge is 0.359 e. The van der Waals surface area contributed by atoms with E-state index < -0.39 is 5.97 Å². The second-order valence-electron chi connectivity index (χ2n) is 5.61. The van der Waals surface area contributed by atoms with Crippen molar-refractivity contribution in [1.82, 2.24) is 19.9 Å². The third kappa shape index (κ3) is 3.65. The predicted molar refractivity (Wildman–Crippen MR) is 97.1 cm³/mol. The van der Waals surface area contributed by atoms with Gasteiger partial charge >= 0.3 is 5.97 Å². The number of benzene rings is 1. The highest BCUT2D eigenvalue weighted by Gasteiger charge is 2.19. The standard InChI is InChI=1S/C18H19N5O2/c1-4-25-17(24)16-15-14(21-18(22-15)19-11-23(2)3)10-13(20-16)12-8-6-5-7-9-12/h5-11H,4H2,1-3H3,(H,21,22)/b19-11+. The number of esters is 1. The molecule has 0 radical (unpaired) electrons. The zero-order valence-corrected chi connectivity index (χ0v) is 14.4. The molecule has 0 aliphatic heterocycles. The molecular weight excluding hydrogens is 318 g/mol. The van der Waals surface area contributed by atoms with Crippen LogP contribution in [0.2, 0.25) is 0 Å². The quantitative estimate of drug-likeness (QED) is 0.439. The van der Waals surface area contributed by atoms with Gasteiger partial charge in [-0.1, -0.05) is 30.3 Å². The number of hydrogen-bond donors (Lipinski definition) is 1. The van der Waals surface area contributed by atoms with E-state index in [0.717, 1.165) is 5.56 Å². The molecule has 128 valence electrons. The van der Waals surface area contributed by atoms with E-state index in [4.69, 9.17) is 4.74 Å². The van der Waals surface area contributed by atoms with Crippen molar-refractivity contribution in [1.29, 1.82) is 0 Å². The van der Waals surface area contributed by atoms with Gasteiger partial charge in [0.15, 0.2) is 5.69 Å². The molecule has 7 nitrogen and oxygen atoms in total. The Morgan fingerprint density at radius 1 is 1.28 bits per heavy atom. The van der Waals surface area contributed by atoms with E-state index in [9.17, 15) is 4.79 Å². The number of rotatable bonds is 5. The van der Waals surface area contributed by atoms with Crippen LogP contribution in [-0.2, 0) is 4.74 Å². The topological polar surface area (TPSA) is 83.5 Å². The Morgan fingerprint density at radius 3 is 2.72 bits per heavy atom. The summed E-state index contributed by atoms with van der Waals surface area (Å²) in [6.45, 7) is 2.03. The third-order valence-corrected chi connectivity index (χ3v) is 3.41. The molecule has 3 rings (SSSR count). The van der Waals surface area contributed by atoms with Crippen molar-refractivity contribution < 1.29 is 9.53 Å². The average Bonchev–Trinajstić information content (AvgIpc) is 3.03. The molecule has 0 fully saturated rings. The largest absolute Gasteiger partial charge is 0.461 e. The second kappa shape index (κ2) is 7.12. The van der Waals surface area contributed by atoms with E-state index in [1.807, 2.05) is 50.5 Å². The molecule has 0 bridgehead atoms. The van der Waals surface area contributed by atoms with Crippen LogP contribution in [0.15, 0.2) is 41.4 Å². The summed E-state index contributed by atoms with van der Waals surface area (Å²) in [6.07, 6.45) is 1.63. The van der Waals surface area contributed by atoms with Gasteiger partial charge in [0.2, 0.25) is 5.95 Å². The van der Waals surface area contributed by atoms with E-state index in [1.54, 1.807) is 18.2 Å². The fourth-order valence-electron chi connectivity index (χ4n) is 2.33. The number of aromatic nitrogens is 3. The number of H-pyrrole nitrogens is 1. The van der Waals surface area contributed by atoms with Crippen molar-refractivity contribution in [2.75, 3.05) is 20.7 Å². The molecule has 0 amide bonds. The number of carbonyl (C=O) groups excluding carboxylic acids is 1. The molecule has 2 aromatic heterocycles. The maximum Gasteiger partial charge on any atom is 0.359 e. The van der Waals surface area contributed by atoms with Crippen LogP contribution in [0, 0.1) is 0 Å². The van der Waals surface area contributed by atoms with Gasteiger partial charge in [-0.25, -0.2) is 19.8 Å². The van der Waals surface area contributed by atoms with Gasteiger partial charge in [-0.05, 0) is 13.0 Å². The van der Waals surface area contributed by atoms with Gasteiger partial charge in [0.25, 0.3) is 0 Å². The Kier molecular flexibility index (Phi) is 4.74. The van der Waals surface area contributed by atoms with Crippen LogP contribution in [0.5, 0.6) is 0 Å². The number of carbonyl (C=O) groups is 1. The molecule has 3 aromatic rings. The summed E-state index contributed by atoms with van der Waals surface area (Å²) in [7, 11) is 3.73. The van der Waals surface area contributed by atoms with Gasteiger partial charge in [0.05, 0.1) is 24.2 Å². The Hall–Kier alpha value is -3.22. The van der Waals surface area contributed by atoms with Gasteiger partial charge in [0, 0.05) is 19.7 Å². The normalized spacial score (nSPS) is 11.2. The highest BCUT2D eigenvalue weighted by molar-refractivity contribution is 6.01. The first-order chi connectivity index (χ1) is 12.1. The molecule has 0 saturated carbocycles. The van der Waals surface area contributed by atoms with Crippen LogP contribution >= 0.6 is 0 Å². The van der Waals surface area contributed by atoms with Crippen molar-refractivity contribution in [3.8, 4) is 11.3 Å². The lowest BCUT2D eigenvalue weighted by atomic mass is 10.1. The van der Waals surface area contributed by atoms with Crippen molar-refractivity contribution >= 4 is 29.3 Å². The Labute approximate surface area is 145 Å². The molecule has 1 N–H and O–H groups in total. The van der Waals surface area contributed by atoms with Gasteiger partial charge in [-0.3, -0.25) is 0 Å². The van der Waals surface area contributed by atoms with Crippen molar-refractivity contribution in [2.45, 2.75) is 6.92 Å². The highest BCUT2D eigenvalue weighted by Crippen LogP contribution is 2.26. The first-order valence-electron chi connectivity index (χ1n) is 7.92. The Balaban J connectivity index is 2.15. The van der Waals surface area contributed by atoms with Crippen LogP contribution in [0.4, 0.5) is 5.95 Å². The molecule has 0 aliphatic rings. The van der Waals surface area contributed by atoms with E-state index in [0.29, 0.717) is 22.7 Å². The molecule has 0 saturated heterocycles. The summed E-state index contributed by atoms with van der Waals surface area (Å²) in [5.41, 5.74) is 2.89. The number of nitrogens with zero attached hydrogens (tertiary/aromatic N) is 4. The molecular formula is C18H19N5O2. The van der Waals surface area contributed by atoms with Gasteiger partial charge in [-0.2, -0.15) is 0 Å². The zero-order valence-electron chi connectivity index (χ0n) is 14.4. The summed E-state index contributed by atoms with van der Waals surface area (Å²) in [5, 5.41) is 0. The van der Waals surface area contributed by atoms with Crippen molar-refractivity contribution in [2.24, 2.45) is 4.99 Å². The van der Waals surface area contributed by atoms with E-state index >= 15 is 0 Å². The molecule has 1 aromatic carbocycles. The van der Waals surface area contributed by atoms with Gasteiger partial charge < -0.3 is 14.6 Å². The maximum atomic E-state index is 12.3. The number of pyridine rings is 1. The number of fused-ring (bicyclic) bond motifs is 1. The lowest BCUT2D eigenvalue weighted by Gasteiger charge is -2.05. The van der Waals surface area contributed by atoms with Crippen LogP contribution in [0.1, 0.15) is 17.4 Å². The SMILES string of the molecule is CCOC(=O)c1nc(-c2ccccc2)cc2[nH]c(/N=C/N(C)C)nc12. The summed E-state index contributed by atoms with van der Waals surface area (Å²) in [5.74, 6) is -0.0961. The van der Waals surface area contributed by atoms with Crippen LogP contribution in [0.25, 0.3) is 22.3 Å². The molecule has 0 aliphatic carbocycles. The first kappa shape index (κ1) is 16.6. The fourth-order valence-corrected chi connectivity index (χ4v) is 2.33. The summed E-state index contributed by atoms with van der Waals surface area (Å²) >= 11 is 0. The second-order valence-corrected chi connectivity index (χ2v) is 5.61. The van der Waals surface area contributed by atoms with E-state index in [-0.39, 0.29) is 12.3 Å².